The second-order valence-corrected chi connectivity index (χ2v) is 5.21. The van der Waals surface area contributed by atoms with Gasteiger partial charge in [-0.2, -0.15) is 0 Å². The second-order valence-electron chi connectivity index (χ2n) is 5.21. The molecule has 16 heavy (non-hydrogen) atoms. The van der Waals surface area contributed by atoms with Crippen LogP contribution in [0.4, 0.5) is 0 Å². The van der Waals surface area contributed by atoms with Crippen molar-refractivity contribution in [2.45, 2.75) is 38.8 Å². The molecular weight excluding hydrogens is 196 g/mol. The fraction of sp³-hybridized carbons (Fsp3) is 0.571. The normalized spacial score (nSPS) is 19.8. The fourth-order valence-electron chi connectivity index (χ4n) is 2.24. The molecule has 1 aromatic carbocycles. The summed E-state index contributed by atoms with van der Waals surface area (Å²) in [6, 6.07) is 9.89. The van der Waals surface area contributed by atoms with E-state index in [1.54, 1.807) is 0 Å². The van der Waals surface area contributed by atoms with Gasteiger partial charge in [0, 0.05) is 25.2 Å². The predicted molar refractivity (Wildman–Crippen MR) is 68.5 cm³/mol. The van der Waals surface area contributed by atoms with Crippen molar-refractivity contribution >= 4 is 0 Å². The van der Waals surface area contributed by atoms with Gasteiger partial charge < -0.3 is 5.73 Å². The summed E-state index contributed by atoms with van der Waals surface area (Å²) < 4.78 is 0. The van der Waals surface area contributed by atoms with Crippen molar-refractivity contribution in [3.8, 4) is 0 Å². The van der Waals surface area contributed by atoms with Gasteiger partial charge in [0.2, 0.25) is 0 Å². The first-order valence-electron chi connectivity index (χ1n) is 6.17. The third-order valence-corrected chi connectivity index (χ3v) is 3.57. The van der Waals surface area contributed by atoms with Gasteiger partial charge in [0.25, 0.3) is 0 Å². The molecule has 2 heteroatoms. The molecule has 0 saturated carbocycles. The minimum absolute atomic E-state index is 0.386. The Hall–Kier alpha value is -0.860. The Morgan fingerprint density at radius 1 is 1.06 bits per heavy atom. The van der Waals surface area contributed by atoms with Crippen LogP contribution in [0.2, 0.25) is 0 Å². The number of benzene rings is 1. The maximum absolute atomic E-state index is 5.81. The van der Waals surface area contributed by atoms with E-state index >= 15 is 0 Å². The van der Waals surface area contributed by atoms with Crippen LogP contribution in [0.1, 0.15) is 43.9 Å². The molecule has 1 heterocycles. The lowest BCUT2D eigenvalue weighted by Gasteiger charge is -2.41. The molecule has 88 valence electrons. The average Bonchev–Trinajstić information content (AvgIpc) is 2.24. The van der Waals surface area contributed by atoms with Crippen LogP contribution in [0.3, 0.4) is 0 Å². The van der Waals surface area contributed by atoms with Crippen LogP contribution in [0.15, 0.2) is 24.3 Å². The second kappa shape index (κ2) is 4.56. The molecule has 2 rings (SSSR count). The summed E-state index contributed by atoms with van der Waals surface area (Å²) in [5.41, 5.74) is 8.62. The van der Waals surface area contributed by atoms with Crippen molar-refractivity contribution in [3.63, 3.8) is 0 Å². The van der Waals surface area contributed by atoms with Gasteiger partial charge in [0.05, 0.1) is 0 Å². The van der Waals surface area contributed by atoms with Gasteiger partial charge in [-0.1, -0.05) is 38.1 Å². The maximum Gasteiger partial charge on any atom is 0.0321 e. The van der Waals surface area contributed by atoms with Crippen molar-refractivity contribution in [1.29, 1.82) is 0 Å². The van der Waals surface area contributed by atoms with Crippen molar-refractivity contribution in [1.82, 2.24) is 4.90 Å². The smallest absolute Gasteiger partial charge is 0.0321 e. The predicted octanol–water partition coefficient (Wildman–Crippen LogP) is 2.51. The van der Waals surface area contributed by atoms with E-state index in [4.69, 9.17) is 5.73 Å². The van der Waals surface area contributed by atoms with E-state index in [0.29, 0.717) is 18.0 Å². The van der Waals surface area contributed by atoms with Crippen LogP contribution < -0.4 is 5.73 Å². The lowest BCUT2D eigenvalue weighted by atomic mass is 9.97. The van der Waals surface area contributed by atoms with E-state index in [1.165, 1.54) is 11.1 Å². The van der Waals surface area contributed by atoms with Crippen molar-refractivity contribution in [2.24, 2.45) is 5.73 Å². The van der Waals surface area contributed by atoms with Gasteiger partial charge in [0.15, 0.2) is 0 Å². The number of likely N-dealkylation sites (tertiary alicyclic amines) is 1. The summed E-state index contributed by atoms with van der Waals surface area (Å²) in [5.74, 6) is 0.613. The highest BCUT2D eigenvalue weighted by Crippen LogP contribution is 2.26. The largest absolute Gasteiger partial charge is 0.325 e. The molecule has 0 amide bonds. The first kappa shape index (κ1) is 11.6. The van der Waals surface area contributed by atoms with E-state index in [9.17, 15) is 0 Å². The molecule has 1 aliphatic heterocycles. The molecule has 0 aliphatic carbocycles. The zero-order valence-corrected chi connectivity index (χ0v) is 10.5. The summed E-state index contributed by atoms with van der Waals surface area (Å²) in [6.45, 7) is 8.79. The Labute approximate surface area is 98.4 Å². The number of hydrogen-bond donors (Lipinski definition) is 1. The summed E-state index contributed by atoms with van der Waals surface area (Å²) >= 11 is 0. The summed E-state index contributed by atoms with van der Waals surface area (Å²) in [4.78, 5) is 2.43. The van der Waals surface area contributed by atoms with Crippen molar-refractivity contribution < 1.29 is 0 Å². The number of nitrogens with zero attached hydrogens (tertiary/aromatic N) is 1. The van der Waals surface area contributed by atoms with E-state index < -0.39 is 0 Å². The Morgan fingerprint density at radius 3 is 2.00 bits per heavy atom. The summed E-state index contributed by atoms with van der Waals surface area (Å²) in [5, 5.41) is 0. The van der Waals surface area contributed by atoms with Gasteiger partial charge in [0.1, 0.15) is 0 Å². The van der Waals surface area contributed by atoms with Gasteiger partial charge in [-0.25, -0.2) is 0 Å². The highest BCUT2D eigenvalue weighted by molar-refractivity contribution is 5.27. The molecule has 1 unspecified atom stereocenters. The molecule has 0 spiro atoms. The van der Waals surface area contributed by atoms with Crippen LogP contribution in [0, 0.1) is 0 Å². The average molecular weight is 218 g/mol. The minimum Gasteiger partial charge on any atom is -0.325 e. The molecular formula is C14H22N2. The molecule has 2 N–H and O–H groups in total. The number of hydrogen-bond acceptors (Lipinski definition) is 2. The Balaban J connectivity index is 2.04. The van der Waals surface area contributed by atoms with E-state index in [-0.39, 0.29) is 0 Å². The topological polar surface area (TPSA) is 29.3 Å². The van der Waals surface area contributed by atoms with Crippen molar-refractivity contribution in [3.05, 3.63) is 35.4 Å². The van der Waals surface area contributed by atoms with Gasteiger partial charge in [-0.05, 0) is 24.0 Å². The first-order chi connectivity index (χ1) is 7.58. The van der Waals surface area contributed by atoms with E-state index in [1.807, 2.05) is 0 Å². The zero-order chi connectivity index (χ0) is 11.7. The SMILES string of the molecule is CC(C)c1ccc(C(C)N2CC(N)C2)cc1. The molecule has 1 fully saturated rings. The van der Waals surface area contributed by atoms with Crippen LogP contribution >= 0.6 is 0 Å². The Kier molecular flexibility index (Phi) is 3.31. The van der Waals surface area contributed by atoms with Gasteiger partial charge in [-0.3, -0.25) is 4.90 Å². The van der Waals surface area contributed by atoms with Crippen LogP contribution in [0.5, 0.6) is 0 Å². The molecule has 1 atom stereocenters. The van der Waals surface area contributed by atoms with Crippen LogP contribution in [0.25, 0.3) is 0 Å². The Morgan fingerprint density at radius 2 is 1.56 bits per heavy atom. The molecule has 1 saturated heterocycles. The van der Waals surface area contributed by atoms with Gasteiger partial charge >= 0.3 is 0 Å². The van der Waals surface area contributed by atoms with Gasteiger partial charge in [-0.15, -0.1) is 0 Å². The quantitative estimate of drug-likeness (QED) is 0.844. The highest BCUT2D eigenvalue weighted by Gasteiger charge is 2.27. The summed E-state index contributed by atoms with van der Waals surface area (Å²) in [7, 11) is 0. The number of nitrogens with two attached hydrogens (primary N) is 1. The van der Waals surface area contributed by atoms with E-state index in [0.717, 1.165) is 13.1 Å². The van der Waals surface area contributed by atoms with Crippen molar-refractivity contribution in [2.75, 3.05) is 13.1 Å². The standard InChI is InChI=1S/C14H22N2/c1-10(2)12-4-6-13(7-5-12)11(3)16-8-14(15)9-16/h4-7,10-11,14H,8-9,15H2,1-3H3. The number of rotatable bonds is 3. The maximum atomic E-state index is 5.81. The fourth-order valence-corrected chi connectivity index (χ4v) is 2.24. The first-order valence-corrected chi connectivity index (χ1v) is 6.17. The zero-order valence-electron chi connectivity index (χ0n) is 10.5. The monoisotopic (exact) mass is 218 g/mol. The molecule has 1 aliphatic rings. The Bertz CT molecular complexity index is 336. The van der Waals surface area contributed by atoms with Crippen LogP contribution in [-0.4, -0.2) is 24.0 Å². The summed E-state index contributed by atoms with van der Waals surface area (Å²) in [6.07, 6.45) is 0. The molecule has 0 radical (unpaired) electrons. The molecule has 0 bridgehead atoms. The lowest BCUT2D eigenvalue weighted by molar-refractivity contribution is 0.103. The third kappa shape index (κ3) is 2.28. The third-order valence-electron chi connectivity index (χ3n) is 3.57. The minimum atomic E-state index is 0.386. The lowest BCUT2D eigenvalue weighted by Crippen LogP contribution is -2.56. The molecule has 0 aromatic heterocycles. The molecule has 1 aromatic rings. The highest BCUT2D eigenvalue weighted by atomic mass is 15.2. The van der Waals surface area contributed by atoms with E-state index in [2.05, 4.69) is 49.9 Å². The molecule has 2 nitrogen and oxygen atoms in total. The van der Waals surface area contributed by atoms with Crippen LogP contribution in [-0.2, 0) is 0 Å².